The normalized spacial score (nSPS) is 19.8. The van der Waals surface area contributed by atoms with Crippen molar-refractivity contribution in [2.45, 2.75) is 43.8 Å². The minimum atomic E-state index is -3.36. The van der Waals surface area contributed by atoms with Gasteiger partial charge in [0, 0.05) is 18.5 Å². The molecule has 2 atom stereocenters. The molecule has 3 nitrogen and oxygen atoms in total. The highest BCUT2D eigenvalue weighted by molar-refractivity contribution is 7.98. The van der Waals surface area contributed by atoms with E-state index in [2.05, 4.69) is 0 Å². The molecule has 1 aromatic rings. The molecule has 0 aliphatic carbocycles. The largest absolute Gasteiger partial charge is 0.382 e. The summed E-state index contributed by atoms with van der Waals surface area (Å²) in [6, 6.07) is 7.09. The summed E-state index contributed by atoms with van der Waals surface area (Å²) >= 11 is 1.77. The number of hydrogen-bond acceptors (Lipinski definition) is 3. The Balaban J connectivity index is 1.97. The van der Waals surface area contributed by atoms with Crippen LogP contribution in [0.1, 0.15) is 31.2 Å². The second-order valence-corrected chi connectivity index (χ2v) is 7.20. The van der Waals surface area contributed by atoms with Crippen LogP contribution in [-0.4, -0.2) is 46.6 Å². The Kier molecular flexibility index (Phi) is 7.44. The Bertz CT molecular complexity index is 580. The monoisotopic (exact) mass is 369 g/mol. The molecule has 1 aliphatic rings. The summed E-state index contributed by atoms with van der Waals surface area (Å²) in [6.07, 6.45) is 5.79. The number of aliphatic hydroxyl groups is 1. The molecule has 0 aromatic heterocycles. The van der Waals surface area contributed by atoms with Crippen LogP contribution in [0.15, 0.2) is 42.5 Å². The Hall–Kier alpha value is -1.40. The zero-order valence-electron chi connectivity index (χ0n) is 14.4. The molecular formula is C19H25F2NO2S. The number of hydrogen-bond donors (Lipinski definition) is 1. The average molecular weight is 369 g/mol. The van der Waals surface area contributed by atoms with E-state index in [1.807, 2.05) is 6.26 Å². The van der Waals surface area contributed by atoms with Crippen molar-refractivity contribution in [1.29, 1.82) is 0 Å². The first-order valence-corrected chi connectivity index (χ1v) is 9.94. The standard InChI is InChI=1S/C19H25F2NO2S/c1-25-14-6-5-13-22-16(10-12-18(22)24)9-11-17(23)19(20,21)15-7-3-2-4-8-15/h2-4,7-9,11,16-17,23H,5-6,10,12-14H2,1H3/b11-9+/t16-,17+/m0/s1. The first-order chi connectivity index (χ1) is 12.0. The fourth-order valence-corrected chi connectivity index (χ4v) is 3.45. The number of carbonyl (C=O) groups excluding carboxylic acids is 1. The van der Waals surface area contributed by atoms with E-state index in [9.17, 15) is 18.7 Å². The number of rotatable bonds is 9. The van der Waals surface area contributed by atoms with Crippen LogP contribution in [0.4, 0.5) is 8.78 Å². The summed E-state index contributed by atoms with van der Waals surface area (Å²) in [7, 11) is 0. The fourth-order valence-electron chi connectivity index (χ4n) is 2.96. The van der Waals surface area contributed by atoms with E-state index in [0.29, 0.717) is 19.4 Å². The molecule has 0 saturated carbocycles. The van der Waals surface area contributed by atoms with Gasteiger partial charge in [-0.1, -0.05) is 42.5 Å². The van der Waals surface area contributed by atoms with E-state index in [-0.39, 0.29) is 17.5 Å². The number of unbranched alkanes of at least 4 members (excludes halogenated alkanes) is 1. The average Bonchev–Trinajstić information content (AvgIpc) is 2.97. The second kappa shape index (κ2) is 9.34. The molecule has 0 unspecified atom stereocenters. The van der Waals surface area contributed by atoms with E-state index in [1.54, 1.807) is 28.8 Å². The number of benzene rings is 1. The Morgan fingerprint density at radius 2 is 2.08 bits per heavy atom. The lowest BCUT2D eigenvalue weighted by Gasteiger charge is -2.24. The van der Waals surface area contributed by atoms with E-state index in [4.69, 9.17) is 0 Å². The lowest BCUT2D eigenvalue weighted by atomic mass is 10.0. The quantitative estimate of drug-likeness (QED) is 0.531. The van der Waals surface area contributed by atoms with Crippen molar-refractivity contribution in [3.05, 3.63) is 48.0 Å². The molecule has 0 spiro atoms. The molecule has 1 amide bonds. The van der Waals surface area contributed by atoms with E-state index < -0.39 is 12.0 Å². The first-order valence-electron chi connectivity index (χ1n) is 8.55. The van der Waals surface area contributed by atoms with Crippen molar-refractivity contribution in [1.82, 2.24) is 4.90 Å². The maximum absolute atomic E-state index is 14.3. The van der Waals surface area contributed by atoms with Gasteiger partial charge in [-0.15, -0.1) is 0 Å². The number of carbonyl (C=O) groups is 1. The number of likely N-dealkylation sites (tertiary alicyclic amines) is 1. The summed E-state index contributed by atoms with van der Waals surface area (Å²) < 4.78 is 28.6. The lowest BCUT2D eigenvalue weighted by molar-refractivity contribution is -0.128. The van der Waals surface area contributed by atoms with E-state index in [0.717, 1.165) is 24.7 Å². The van der Waals surface area contributed by atoms with Crippen molar-refractivity contribution < 1.29 is 18.7 Å². The third-order valence-corrected chi connectivity index (χ3v) is 5.11. The number of amides is 1. The van der Waals surface area contributed by atoms with Crippen molar-refractivity contribution in [3.8, 4) is 0 Å². The number of alkyl halides is 2. The topological polar surface area (TPSA) is 40.5 Å². The summed E-state index contributed by atoms with van der Waals surface area (Å²) in [5.41, 5.74) is -0.219. The van der Waals surface area contributed by atoms with Gasteiger partial charge in [0.2, 0.25) is 5.91 Å². The highest BCUT2D eigenvalue weighted by Gasteiger charge is 2.39. The minimum Gasteiger partial charge on any atom is -0.382 e. The van der Waals surface area contributed by atoms with Gasteiger partial charge < -0.3 is 10.0 Å². The van der Waals surface area contributed by atoms with Gasteiger partial charge in [0.05, 0.1) is 6.04 Å². The molecule has 1 N–H and O–H groups in total. The first kappa shape index (κ1) is 19.9. The Labute approximate surface area is 152 Å². The number of thioether (sulfide) groups is 1. The Morgan fingerprint density at radius 1 is 1.36 bits per heavy atom. The molecule has 0 bridgehead atoms. The molecule has 2 rings (SSSR count). The van der Waals surface area contributed by atoms with Gasteiger partial charge in [-0.05, 0) is 31.3 Å². The maximum atomic E-state index is 14.3. The van der Waals surface area contributed by atoms with Crippen LogP contribution >= 0.6 is 11.8 Å². The highest BCUT2D eigenvalue weighted by atomic mass is 32.2. The van der Waals surface area contributed by atoms with Gasteiger partial charge >= 0.3 is 5.92 Å². The summed E-state index contributed by atoms with van der Waals surface area (Å²) in [4.78, 5) is 13.7. The van der Waals surface area contributed by atoms with Gasteiger partial charge in [-0.25, -0.2) is 0 Å². The second-order valence-electron chi connectivity index (χ2n) is 6.21. The molecule has 1 saturated heterocycles. The van der Waals surface area contributed by atoms with Crippen LogP contribution in [0.5, 0.6) is 0 Å². The molecule has 25 heavy (non-hydrogen) atoms. The zero-order valence-corrected chi connectivity index (χ0v) is 15.2. The number of aliphatic hydroxyl groups excluding tert-OH is 1. The van der Waals surface area contributed by atoms with Gasteiger partial charge in [0.1, 0.15) is 6.10 Å². The molecular weight excluding hydrogens is 344 g/mol. The minimum absolute atomic E-state index is 0.0584. The van der Waals surface area contributed by atoms with Crippen LogP contribution < -0.4 is 0 Å². The highest BCUT2D eigenvalue weighted by Crippen LogP contribution is 2.32. The summed E-state index contributed by atoms with van der Waals surface area (Å²) in [5, 5.41) is 9.95. The maximum Gasteiger partial charge on any atom is 0.302 e. The van der Waals surface area contributed by atoms with E-state index >= 15 is 0 Å². The molecule has 1 aliphatic heterocycles. The SMILES string of the molecule is CSCCCCN1C(=O)CC[C@@H]1/C=C/[C@@H](O)C(F)(F)c1ccccc1. The molecule has 1 aromatic carbocycles. The molecule has 138 valence electrons. The van der Waals surface area contributed by atoms with Crippen LogP contribution in [0, 0.1) is 0 Å². The number of halogens is 2. The van der Waals surface area contributed by atoms with Crippen molar-refractivity contribution in [3.63, 3.8) is 0 Å². The molecule has 1 fully saturated rings. The fraction of sp³-hybridized carbons (Fsp3) is 0.526. The molecule has 0 radical (unpaired) electrons. The van der Waals surface area contributed by atoms with Crippen molar-refractivity contribution >= 4 is 17.7 Å². The lowest BCUT2D eigenvalue weighted by Crippen LogP contribution is -2.34. The predicted molar refractivity (Wildman–Crippen MR) is 97.8 cm³/mol. The zero-order chi connectivity index (χ0) is 18.3. The third-order valence-electron chi connectivity index (χ3n) is 4.42. The van der Waals surface area contributed by atoms with Gasteiger partial charge in [-0.2, -0.15) is 20.5 Å². The van der Waals surface area contributed by atoms with Crippen LogP contribution in [0.25, 0.3) is 0 Å². The van der Waals surface area contributed by atoms with E-state index in [1.165, 1.54) is 24.3 Å². The predicted octanol–water partition coefficient (Wildman–Crippen LogP) is 3.83. The smallest absolute Gasteiger partial charge is 0.302 e. The van der Waals surface area contributed by atoms with Gasteiger partial charge in [0.25, 0.3) is 0 Å². The van der Waals surface area contributed by atoms with Gasteiger partial charge in [0.15, 0.2) is 0 Å². The van der Waals surface area contributed by atoms with Crippen molar-refractivity contribution in [2.75, 3.05) is 18.6 Å². The van der Waals surface area contributed by atoms with Crippen molar-refractivity contribution in [2.24, 2.45) is 0 Å². The summed E-state index contributed by atoms with van der Waals surface area (Å²) in [6.45, 7) is 0.638. The summed E-state index contributed by atoms with van der Waals surface area (Å²) in [5.74, 6) is -2.25. The Morgan fingerprint density at radius 3 is 2.76 bits per heavy atom. The van der Waals surface area contributed by atoms with Crippen LogP contribution in [-0.2, 0) is 10.7 Å². The van der Waals surface area contributed by atoms with Crippen LogP contribution in [0.2, 0.25) is 0 Å². The van der Waals surface area contributed by atoms with Crippen LogP contribution in [0.3, 0.4) is 0 Å². The molecule has 1 heterocycles. The van der Waals surface area contributed by atoms with Gasteiger partial charge in [-0.3, -0.25) is 4.79 Å². The number of nitrogens with zero attached hydrogens (tertiary/aromatic N) is 1. The molecule has 6 heteroatoms. The third kappa shape index (κ3) is 5.28.